The summed E-state index contributed by atoms with van der Waals surface area (Å²) >= 11 is 0. The molecular formula is C19H24O3. The predicted octanol–water partition coefficient (Wildman–Crippen LogP) is 4.55. The van der Waals surface area contributed by atoms with Gasteiger partial charge in [-0.05, 0) is 62.1 Å². The van der Waals surface area contributed by atoms with Gasteiger partial charge in [0.05, 0.1) is 20.3 Å². The molecule has 0 saturated carbocycles. The number of unbranched alkanes of at least 4 members (excludes halogenated alkanes) is 1. The van der Waals surface area contributed by atoms with Crippen LogP contribution in [0.15, 0.2) is 42.5 Å². The lowest BCUT2D eigenvalue weighted by atomic mass is 10.1. The van der Waals surface area contributed by atoms with Gasteiger partial charge in [0.2, 0.25) is 0 Å². The highest BCUT2D eigenvalue weighted by Gasteiger charge is 1.99. The highest BCUT2D eigenvalue weighted by molar-refractivity contribution is 5.33. The third-order valence-corrected chi connectivity index (χ3v) is 3.31. The van der Waals surface area contributed by atoms with Crippen LogP contribution in [-0.4, -0.2) is 20.3 Å². The monoisotopic (exact) mass is 300 g/mol. The Morgan fingerprint density at radius 1 is 0.727 bits per heavy atom. The Balaban J connectivity index is 1.65. The molecule has 0 aliphatic heterocycles. The van der Waals surface area contributed by atoms with Crippen molar-refractivity contribution in [3.8, 4) is 17.2 Å². The minimum absolute atomic E-state index is 0.684. The van der Waals surface area contributed by atoms with Gasteiger partial charge in [0.25, 0.3) is 0 Å². The van der Waals surface area contributed by atoms with Crippen molar-refractivity contribution in [3.63, 3.8) is 0 Å². The summed E-state index contributed by atoms with van der Waals surface area (Å²) in [7, 11) is 1.66. The lowest BCUT2D eigenvalue weighted by molar-refractivity contribution is 0.265. The first-order valence-electron chi connectivity index (χ1n) is 7.65. The van der Waals surface area contributed by atoms with Gasteiger partial charge in [-0.15, -0.1) is 0 Å². The van der Waals surface area contributed by atoms with Gasteiger partial charge >= 0.3 is 0 Å². The lowest BCUT2D eigenvalue weighted by Crippen LogP contribution is -2.03. The molecule has 0 heterocycles. The normalized spacial score (nSPS) is 10.3. The standard InChI is InChI=1S/C19H24O3/c1-15-11-16(2)13-19(12-15)22-10-5-4-9-21-18-8-6-7-17(14-18)20-3/h6-8,11-14H,4-5,9-10H2,1-3H3. The summed E-state index contributed by atoms with van der Waals surface area (Å²) in [5.74, 6) is 2.61. The quantitative estimate of drug-likeness (QED) is 0.669. The topological polar surface area (TPSA) is 27.7 Å². The summed E-state index contributed by atoms with van der Waals surface area (Å²) in [6, 6.07) is 14.0. The van der Waals surface area contributed by atoms with E-state index in [9.17, 15) is 0 Å². The second kappa shape index (κ2) is 8.32. The summed E-state index contributed by atoms with van der Waals surface area (Å²) in [4.78, 5) is 0. The zero-order valence-corrected chi connectivity index (χ0v) is 13.6. The molecule has 0 bridgehead atoms. The number of methoxy groups -OCH3 is 1. The van der Waals surface area contributed by atoms with Crippen LogP contribution in [0.4, 0.5) is 0 Å². The zero-order valence-electron chi connectivity index (χ0n) is 13.6. The van der Waals surface area contributed by atoms with Crippen LogP contribution in [0.25, 0.3) is 0 Å². The first-order chi connectivity index (χ1) is 10.7. The maximum absolute atomic E-state index is 5.78. The van der Waals surface area contributed by atoms with Crippen molar-refractivity contribution in [2.45, 2.75) is 26.7 Å². The van der Waals surface area contributed by atoms with E-state index in [1.54, 1.807) is 7.11 Å². The largest absolute Gasteiger partial charge is 0.497 e. The molecule has 22 heavy (non-hydrogen) atoms. The van der Waals surface area contributed by atoms with E-state index in [1.165, 1.54) is 11.1 Å². The smallest absolute Gasteiger partial charge is 0.122 e. The Bertz CT molecular complexity index is 573. The molecule has 0 amide bonds. The molecule has 0 fully saturated rings. The number of aryl methyl sites for hydroxylation is 2. The number of hydrogen-bond donors (Lipinski definition) is 0. The van der Waals surface area contributed by atoms with Gasteiger partial charge in [-0.3, -0.25) is 0 Å². The van der Waals surface area contributed by atoms with E-state index in [0.29, 0.717) is 13.2 Å². The maximum Gasteiger partial charge on any atom is 0.122 e. The van der Waals surface area contributed by atoms with Crippen LogP contribution in [0.5, 0.6) is 17.2 Å². The Labute approximate surface area is 132 Å². The van der Waals surface area contributed by atoms with Crippen LogP contribution < -0.4 is 14.2 Å². The summed E-state index contributed by atoms with van der Waals surface area (Å²) < 4.78 is 16.7. The second-order valence-corrected chi connectivity index (χ2v) is 5.41. The molecule has 0 spiro atoms. The lowest BCUT2D eigenvalue weighted by Gasteiger charge is -2.09. The maximum atomic E-state index is 5.78. The molecule has 2 rings (SSSR count). The van der Waals surface area contributed by atoms with E-state index in [0.717, 1.165) is 30.1 Å². The molecule has 0 unspecified atom stereocenters. The first-order valence-corrected chi connectivity index (χ1v) is 7.65. The number of hydrogen-bond acceptors (Lipinski definition) is 3. The molecule has 0 radical (unpaired) electrons. The van der Waals surface area contributed by atoms with Crippen molar-refractivity contribution in [2.75, 3.05) is 20.3 Å². The molecule has 2 aromatic carbocycles. The van der Waals surface area contributed by atoms with Crippen LogP contribution in [0, 0.1) is 13.8 Å². The molecule has 3 nitrogen and oxygen atoms in total. The molecule has 0 N–H and O–H groups in total. The van der Waals surface area contributed by atoms with Gasteiger partial charge in [0.1, 0.15) is 17.2 Å². The minimum Gasteiger partial charge on any atom is -0.497 e. The Kier molecular flexibility index (Phi) is 6.13. The van der Waals surface area contributed by atoms with Gasteiger partial charge in [-0.25, -0.2) is 0 Å². The van der Waals surface area contributed by atoms with Crippen LogP contribution in [-0.2, 0) is 0 Å². The summed E-state index contributed by atoms with van der Waals surface area (Å²) in [6.45, 7) is 5.57. The molecule has 2 aromatic rings. The second-order valence-electron chi connectivity index (χ2n) is 5.41. The average Bonchev–Trinajstić information content (AvgIpc) is 2.50. The molecule has 0 saturated heterocycles. The first kappa shape index (κ1) is 16.2. The predicted molar refractivity (Wildman–Crippen MR) is 89.1 cm³/mol. The third-order valence-electron chi connectivity index (χ3n) is 3.31. The van der Waals surface area contributed by atoms with Gasteiger partial charge in [0.15, 0.2) is 0 Å². The number of ether oxygens (including phenoxy) is 3. The fraction of sp³-hybridized carbons (Fsp3) is 0.368. The number of benzene rings is 2. The minimum atomic E-state index is 0.684. The fourth-order valence-corrected chi connectivity index (χ4v) is 2.29. The van der Waals surface area contributed by atoms with Crippen molar-refractivity contribution in [2.24, 2.45) is 0 Å². The Morgan fingerprint density at radius 3 is 1.95 bits per heavy atom. The van der Waals surface area contributed by atoms with E-state index in [4.69, 9.17) is 14.2 Å². The Hall–Kier alpha value is -2.16. The molecule has 0 aliphatic carbocycles. The van der Waals surface area contributed by atoms with E-state index in [2.05, 4.69) is 32.0 Å². The van der Waals surface area contributed by atoms with Crippen LogP contribution in [0.1, 0.15) is 24.0 Å². The molecular weight excluding hydrogens is 276 g/mol. The third kappa shape index (κ3) is 5.32. The Morgan fingerprint density at radius 2 is 1.32 bits per heavy atom. The fourth-order valence-electron chi connectivity index (χ4n) is 2.29. The van der Waals surface area contributed by atoms with Crippen molar-refractivity contribution in [1.29, 1.82) is 0 Å². The highest BCUT2D eigenvalue weighted by atomic mass is 16.5. The molecule has 3 heteroatoms. The van der Waals surface area contributed by atoms with Gasteiger partial charge in [-0.2, -0.15) is 0 Å². The SMILES string of the molecule is COc1cccc(OCCCCOc2cc(C)cc(C)c2)c1. The zero-order chi connectivity index (χ0) is 15.8. The molecule has 0 atom stereocenters. The summed E-state index contributed by atoms with van der Waals surface area (Å²) in [6.07, 6.45) is 1.93. The van der Waals surface area contributed by atoms with Crippen molar-refractivity contribution in [3.05, 3.63) is 53.6 Å². The van der Waals surface area contributed by atoms with E-state index < -0.39 is 0 Å². The highest BCUT2D eigenvalue weighted by Crippen LogP contribution is 2.19. The van der Waals surface area contributed by atoms with Crippen LogP contribution >= 0.6 is 0 Å². The van der Waals surface area contributed by atoms with Crippen LogP contribution in [0.2, 0.25) is 0 Å². The molecule has 0 aromatic heterocycles. The number of rotatable bonds is 8. The van der Waals surface area contributed by atoms with Crippen LogP contribution in [0.3, 0.4) is 0 Å². The van der Waals surface area contributed by atoms with Gasteiger partial charge in [0, 0.05) is 6.07 Å². The average molecular weight is 300 g/mol. The van der Waals surface area contributed by atoms with Crippen molar-refractivity contribution in [1.82, 2.24) is 0 Å². The summed E-state index contributed by atoms with van der Waals surface area (Å²) in [5.41, 5.74) is 2.47. The van der Waals surface area contributed by atoms with Crippen molar-refractivity contribution < 1.29 is 14.2 Å². The van der Waals surface area contributed by atoms with E-state index in [1.807, 2.05) is 24.3 Å². The molecule has 118 valence electrons. The van der Waals surface area contributed by atoms with Gasteiger partial charge in [-0.1, -0.05) is 12.1 Å². The summed E-state index contributed by atoms with van der Waals surface area (Å²) in [5, 5.41) is 0. The van der Waals surface area contributed by atoms with E-state index >= 15 is 0 Å². The van der Waals surface area contributed by atoms with E-state index in [-0.39, 0.29) is 0 Å². The molecule has 0 aliphatic rings. The van der Waals surface area contributed by atoms with Crippen molar-refractivity contribution >= 4 is 0 Å². The van der Waals surface area contributed by atoms with Gasteiger partial charge < -0.3 is 14.2 Å².